The molecule has 1 aromatic heterocycles. The van der Waals surface area contributed by atoms with E-state index in [9.17, 15) is 19.2 Å². The Balaban J connectivity index is 0.000000396. The minimum Gasteiger partial charge on any atom is -0.374 e. The Morgan fingerprint density at radius 3 is 2.49 bits per heavy atom. The number of carbonyl (C=O) groups excluding carboxylic acids is 4. The highest BCUT2D eigenvalue weighted by Gasteiger charge is 2.26. The van der Waals surface area contributed by atoms with Gasteiger partial charge in [0, 0.05) is 6.54 Å². The van der Waals surface area contributed by atoms with Crippen molar-refractivity contribution in [2.45, 2.75) is 32.0 Å². The highest BCUT2D eigenvalue weighted by molar-refractivity contribution is 8.14. The summed E-state index contributed by atoms with van der Waals surface area (Å²) in [5, 5.41) is 4.87. The van der Waals surface area contributed by atoms with E-state index in [4.69, 9.17) is 4.74 Å². The molecule has 0 bridgehead atoms. The first-order valence-corrected chi connectivity index (χ1v) is 13.9. The minimum atomic E-state index is -0.231. The van der Waals surface area contributed by atoms with Gasteiger partial charge < -0.3 is 10.1 Å². The highest BCUT2D eigenvalue weighted by atomic mass is 32.2. The Labute approximate surface area is 224 Å². The van der Waals surface area contributed by atoms with Gasteiger partial charge in [0.25, 0.3) is 11.1 Å². The summed E-state index contributed by atoms with van der Waals surface area (Å²) in [5.74, 6) is 0.428. The van der Waals surface area contributed by atoms with Crippen LogP contribution in [0.3, 0.4) is 0 Å². The predicted octanol–water partition coefficient (Wildman–Crippen LogP) is 5.31. The molecular formula is C28H28N2O5S2. The minimum absolute atomic E-state index is 0.103. The van der Waals surface area contributed by atoms with Crippen LogP contribution in [0.2, 0.25) is 0 Å². The smallest absolute Gasteiger partial charge is 0.286 e. The third-order valence-electron chi connectivity index (χ3n) is 6.16. The molecular weight excluding hydrogens is 508 g/mol. The number of rotatable bonds is 8. The van der Waals surface area contributed by atoms with Crippen LogP contribution in [0, 0.1) is 5.92 Å². The summed E-state index contributed by atoms with van der Waals surface area (Å²) in [5.41, 5.74) is 3.62. The zero-order valence-electron chi connectivity index (χ0n) is 20.2. The van der Waals surface area contributed by atoms with Crippen LogP contribution in [0.25, 0.3) is 11.1 Å². The number of aldehydes is 1. The van der Waals surface area contributed by atoms with Gasteiger partial charge in [0.2, 0.25) is 5.91 Å². The average Bonchev–Trinajstić information content (AvgIpc) is 3.68. The predicted molar refractivity (Wildman–Crippen MR) is 146 cm³/mol. The molecule has 2 N–H and O–H groups in total. The molecule has 1 saturated heterocycles. The summed E-state index contributed by atoms with van der Waals surface area (Å²) >= 11 is 2.23. The molecule has 192 valence electrons. The van der Waals surface area contributed by atoms with Crippen LogP contribution in [0.15, 0.2) is 66.7 Å². The van der Waals surface area contributed by atoms with Crippen molar-refractivity contribution in [3.05, 3.63) is 82.0 Å². The van der Waals surface area contributed by atoms with E-state index < -0.39 is 0 Å². The van der Waals surface area contributed by atoms with E-state index in [1.54, 1.807) is 12.1 Å². The lowest BCUT2D eigenvalue weighted by Gasteiger charge is -2.15. The van der Waals surface area contributed by atoms with Gasteiger partial charge in [-0.05, 0) is 54.0 Å². The molecule has 0 radical (unpaired) electrons. The van der Waals surface area contributed by atoms with Crippen LogP contribution >= 0.6 is 23.1 Å². The summed E-state index contributed by atoms with van der Waals surface area (Å²) in [6.07, 6.45) is 4.02. The third kappa shape index (κ3) is 7.85. The van der Waals surface area contributed by atoms with E-state index in [0.717, 1.165) is 37.3 Å². The van der Waals surface area contributed by atoms with Crippen molar-refractivity contribution in [1.29, 1.82) is 0 Å². The molecule has 5 rings (SSSR count). The van der Waals surface area contributed by atoms with Crippen molar-refractivity contribution in [3.8, 4) is 11.1 Å². The van der Waals surface area contributed by atoms with Gasteiger partial charge in [-0.25, -0.2) is 0 Å². The van der Waals surface area contributed by atoms with Gasteiger partial charge >= 0.3 is 0 Å². The number of ether oxygens (including phenoxy) is 1. The Morgan fingerprint density at radius 1 is 1.03 bits per heavy atom. The fourth-order valence-electron chi connectivity index (χ4n) is 4.30. The number of carbonyl (C=O) groups is 4. The van der Waals surface area contributed by atoms with Gasteiger partial charge in [-0.1, -0.05) is 66.4 Å². The fraction of sp³-hybridized carbons (Fsp3) is 0.286. The topological polar surface area (TPSA) is 102 Å². The largest absolute Gasteiger partial charge is 0.374 e. The second kappa shape index (κ2) is 13.3. The van der Waals surface area contributed by atoms with Crippen molar-refractivity contribution >= 4 is 46.4 Å². The molecule has 2 atom stereocenters. The van der Waals surface area contributed by atoms with Gasteiger partial charge in [-0.3, -0.25) is 24.5 Å². The first-order valence-electron chi connectivity index (χ1n) is 12.1. The van der Waals surface area contributed by atoms with E-state index in [-0.39, 0.29) is 23.2 Å². The summed E-state index contributed by atoms with van der Waals surface area (Å²) in [7, 11) is 0. The SMILES string of the molecule is O=C1CSC(=O)N1.O=Cc1ccc(C(=O)NC[C@H]2CCC(OCc3ccccc3-c3ccccc3)C2)s1. The zero-order chi connectivity index (χ0) is 26.0. The maximum absolute atomic E-state index is 12.2. The lowest BCUT2D eigenvalue weighted by Crippen LogP contribution is -2.28. The molecule has 1 aliphatic carbocycles. The van der Waals surface area contributed by atoms with E-state index in [0.29, 0.717) is 34.6 Å². The molecule has 2 fully saturated rings. The molecule has 0 spiro atoms. The van der Waals surface area contributed by atoms with Crippen molar-refractivity contribution in [2.75, 3.05) is 12.3 Å². The number of thiophene rings is 1. The van der Waals surface area contributed by atoms with Crippen LogP contribution in [-0.4, -0.2) is 41.7 Å². The molecule has 2 aromatic carbocycles. The van der Waals surface area contributed by atoms with E-state index in [1.807, 2.05) is 6.07 Å². The van der Waals surface area contributed by atoms with Crippen LogP contribution in [0.1, 0.15) is 44.2 Å². The molecule has 7 nitrogen and oxygen atoms in total. The van der Waals surface area contributed by atoms with Gasteiger partial charge in [-0.2, -0.15) is 0 Å². The molecule has 1 saturated carbocycles. The van der Waals surface area contributed by atoms with Crippen molar-refractivity contribution in [1.82, 2.24) is 10.6 Å². The Hall–Kier alpha value is -3.27. The third-order valence-corrected chi connectivity index (χ3v) is 7.94. The number of nitrogens with one attached hydrogen (secondary N) is 2. The van der Waals surface area contributed by atoms with Crippen molar-refractivity contribution < 1.29 is 23.9 Å². The fourth-order valence-corrected chi connectivity index (χ4v) is 5.56. The maximum Gasteiger partial charge on any atom is 0.286 e. The Kier molecular flexibility index (Phi) is 9.65. The van der Waals surface area contributed by atoms with E-state index >= 15 is 0 Å². The van der Waals surface area contributed by atoms with Gasteiger partial charge in [0.15, 0.2) is 6.29 Å². The van der Waals surface area contributed by atoms with Crippen LogP contribution in [0.4, 0.5) is 4.79 Å². The second-order valence-corrected chi connectivity index (χ2v) is 10.9. The molecule has 1 aliphatic heterocycles. The molecule has 2 aliphatic rings. The van der Waals surface area contributed by atoms with Gasteiger partial charge in [0.05, 0.1) is 28.2 Å². The summed E-state index contributed by atoms with van der Waals surface area (Å²) < 4.78 is 6.24. The first kappa shape index (κ1) is 26.8. The zero-order valence-corrected chi connectivity index (χ0v) is 21.8. The average molecular weight is 537 g/mol. The second-order valence-electron chi connectivity index (χ2n) is 8.79. The monoisotopic (exact) mass is 536 g/mol. The van der Waals surface area contributed by atoms with Crippen LogP contribution < -0.4 is 10.6 Å². The lowest BCUT2D eigenvalue weighted by molar-refractivity contribution is -0.117. The molecule has 2 heterocycles. The summed E-state index contributed by atoms with van der Waals surface area (Å²) in [6, 6.07) is 22.2. The quantitative estimate of drug-likeness (QED) is 0.378. The summed E-state index contributed by atoms with van der Waals surface area (Å²) in [6.45, 7) is 1.24. The summed E-state index contributed by atoms with van der Waals surface area (Å²) in [4.78, 5) is 44.4. The first-order chi connectivity index (χ1) is 18.0. The highest BCUT2D eigenvalue weighted by Crippen LogP contribution is 2.30. The van der Waals surface area contributed by atoms with Crippen molar-refractivity contribution in [2.24, 2.45) is 5.92 Å². The number of imide groups is 1. The van der Waals surface area contributed by atoms with Gasteiger partial charge in [0.1, 0.15) is 0 Å². The standard InChI is InChI=1S/C25H25NO3S.C3H3NO2S/c27-16-22-12-13-24(30-22)25(28)26-15-18-10-11-21(14-18)29-17-20-8-4-5-9-23(20)19-6-2-1-3-7-19;5-2-1-7-3(6)4-2/h1-9,12-13,16,18,21H,10-11,14-15,17H2,(H,26,28);1H2,(H,4,5,6)/t18-,21?;/m0./s1. The Morgan fingerprint density at radius 2 is 1.81 bits per heavy atom. The number of benzene rings is 2. The normalized spacial score (nSPS) is 18.6. The molecule has 1 unspecified atom stereocenters. The lowest BCUT2D eigenvalue weighted by atomic mass is 10.0. The van der Waals surface area contributed by atoms with Crippen LogP contribution in [-0.2, 0) is 16.1 Å². The number of hydrogen-bond donors (Lipinski definition) is 2. The van der Waals surface area contributed by atoms with Crippen molar-refractivity contribution in [3.63, 3.8) is 0 Å². The molecule has 3 amide bonds. The number of hydrogen-bond acceptors (Lipinski definition) is 7. The molecule has 9 heteroatoms. The number of amides is 3. The van der Waals surface area contributed by atoms with E-state index in [1.165, 1.54) is 28.0 Å². The van der Waals surface area contributed by atoms with Crippen LogP contribution in [0.5, 0.6) is 0 Å². The van der Waals surface area contributed by atoms with E-state index in [2.05, 4.69) is 59.2 Å². The molecule has 3 aromatic rings. The number of thioether (sulfide) groups is 1. The molecule has 37 heavy (non-hydrogen) atoms. The van der Waals surface area contributed by atoms with Gasteiger partial charge in [-0.15, -0.1) is 11.3 Å². The maximum atomic E-state index is 12.2. The Bertz CT molecular complexity index is 1230.